The number of nitriles is 1. The number of fused-ring (bicyclic) bond motifs is 1. The molecule has 0 saturated carbocycles. The first-order chi connectivity index (χ1) is 9.33. The molecule has 2 heterocycles. The Bertz CT molecular complexity index is 629. The highest BCUT2D eigenvalue weighted by molar-refractivity contribution is 5.66. The summed E-state index contributed by atoms with van der Waals surface area (Å²) in [6.45, 7) is 3.07. The van der Waals surface area contributed by atoms with E-state index in [0.717, 1.165) is 48.6 Å². The zero-order valence-corrected chi connectivity index (χ0v) is 11.2. The quantitative estimate of drug-likeness (QED) is 0.821. The molecule has 3 heteroatoms. The summed E-state index contributed by atoms with van der Waals surface area (Å²) in [5, 5.41) is 9.41. The van der Waals surface area contributed by atoms with Crippen molar-refractivity contribution >= 4 is 0 Å². The van der Waals surface area contributed by atoms with Crippen LogP contribution in [-0.4, -0.2) is 9.55 Å². The van der Waals surface area contributed by atoms with Gasteiger partial charge >= 0.3 is 0 Å². The van der Waals surface area contributed by atoms with Gasteiger partial charge in [-0.2, -0.15) is 5.26 Å². The van der Waals surface area contributed by atoms with E-state index in [1.54, 1.807) is 0 Å². The maximum absolute atomic E-state index is 9.41. The van der Waals surface area contributed by atoms with Gasteiger partial charge in [-0.3, -0.25) is 0 Å². The molecule has 0 atom stereocenters. The van der Waals surface area contributed by atoms with Crippen LogP contribution in [0.2, 0.25) is 0 Å². The third-order valence-electron chi connectivity index (χ3n) is 3.82. The number of imidazole rings is 1. The first-order valence-electron chi connectivity index (χ1n) is 6.92. The monoisotopic (exact) mass is 251 g/mol. The summed E-state index contributed by atoms with van der Waals surface area (Å²) in [5.74, 6) is 1.07. The van der Waals surface area contributed by atoms with Gasteiger partial charge in [0, 0.05) is 18.5 Å². The van der Waals surface area contributed by atoms with Crippen molar-refractivity contribution in [1.29, 1.82) is 5.26 Å². The predicted molar refractivity (Wildman–Crippen MR) is 74.7 cm³/mol. The van der Waals surface area contributed by atoms with Crippen LogP contribution in [0.4, 0.5) is 0 Å². The predicted octanol–water partition coefficient (Wildman–Crippen LogP) is 3.32. The molecule has 0 fully saturated rings. The number of rotatable bonds is 2. The minimum absolute atomic E-state index is 0.721. The molecule has 0 amide bonds. The molecule has 0 radical (unpaired) electrons. The fourth-order valence-corrected chi connectivity index (χ4v) is 2.70. The number of nitrogens with zero attached hydrogens (tertiary/aromatic N) is 3. The van der Waals surface area contributed by atoms with E-state index in [1.165, 1.54) is 12.0 Å². The SMILES string of the molecule is CCc1ccc(-c2nc3n(c2C#N)CCCC3)cc1. The normalized spacial score (nSPS) is 13.9. The van der Waals surface area contributed by atoms with E-state index in [2.05, 4.69) is 46.8 Å². The molecular weight excluding hydrogens is 234 g/mol. The summed E-state index contributed by atoms with van der Waals surface area (Å²) in [6, 6.07) is 10.7. The molecule has 1 aliphatic heterocycles. The lowest BCUT2D eigenvalue weighted by molar-refractivity contribution is 0.519. The van der Waals surface area contributed by atoms with Crippen LogP contribution in [0.1, 0.15) is 36.8 Å². The smallest absolute Gasteiger partial charge is 0.148 e. The van der Waals surface area contributed by atoms with E-state index in [-0.39, 0.29) is 0 Å². The topological polar surface area (TPSA) is 41.6 Å². The van der Waals surface area contributed by atoms with Gasteiger partial charge in [-0.1, -0.05) is 31.2 Å². The molecule has 1 aromatic carbocycles. The van der Waals surface area contributed by atoms with Crippen molar-refractivity contribution < 1.29 is 0 Å². The highest BCUT2D eigenvalue weighted by Crippen LogP contribution is 2.27. The average molecular weight is 251 g/mol. The summed E-state index contributed by atoms with van der Waals surface area (Å²) in [4.78, 5) is 4.69. The third-order valence-corrected chi connectivity index (χ3v) is 3.82. The van der Waals surface area contributed by atoms with Crippen molar-refractivity contribution in [1.82, 2.24) is 9.55 Å². The lowest BCUT2D eigenvalue weighted by Crippen LogP contribution is -2.11. The fraction of sp³-hybridized carbons (Fsp3) is 0.375. The highest BCUT2D eigenvalue weighted by atomic mass is 15.1. The molecule has 2 aromatic rings. The second kappa shape index (κ2) is 4.89. The Kier molecular flexibility index (Phi) is 3.08. The Morgan fingerprint density at radius 3 is 2.74 bits per heavy atom. The number of aromatic nitrogens is 2. The minimum Gasteiger partial charge on any atom is -0.319 e. The summed E-state index contributed by atoms with van der Waals surface area (Å²) >= 11 is 0. The molecule has 0 unspecified atom stereocenters. The minimum atomic E-state index is 0.721. The van der Waals surface area contributed by atoms with Crippen molar-refractivity contribution in [2.24, 2.45) is 0 Å². The Morgan fingerprint density at radius 1 is 1.26 bits per heavy atom. The van der Waals surface area contributed by atoms with Gasteiger partial charge in [-0.25, -0.2) is 4.98 Å². The van der Waals surface area contributed by atoms with Crippen LogP contribution in [0, 0.1) is 11.3 Å². The third kappa shape index (κ3) is 2.04. The van der Waals surface area contributed by atoms with Crippen molar-refractivity contribution in [3.63, 3.8) is 0 Å². The lowest BCUT2D eigenvalue weighted by Gasteiger charge is -2.13. The molecule has 1 aromatic heterocycles. The van der Waals surface area contributed by atoms with Crippen LogP contribution < -0.4 is 0 Å². The summed E-state index contributed by atoms with van der Waals surface area (Å²) in [5.41, 5.74) is 3.93. The van der Waals surface area contributed by atoms with E-state index >= 15 is 0 Å². The summed E-state index contributed by atoms with van der Waals surface area (Å²) < 4.78 is 2.09. The maximum atomic E-state index is 9.41. The molecule has 3 nitrogen and oxygen atoms in total. The van der Waals surface area contributed by atoms with E-state index in [1.807, 2.05) is 0 Å². The van der Waals surface area contributed by atoms with Crippen molar-refractivity contribution in [3.05, 3.63) is 41.3 Å². The molecule has 96 valence electrons. The van der Waals surface area contributed by atoms with E-state index in [4.69, 9.17) is 0 Å². The Hall–Kier alpha value is -2.08. The fourth-order valence-electron chi connectivity index (χ4n) is 2.70. The first kappa shape index (κ1) is 12.0. The van der Waals surface area contributed by atoms with Gasteiger partial charge in [-0.05, 0) is 24.8 Å². The van der Waals surface area contributed by atoms with E-state index in [9.17, 15) is 5.26 Å². The second-order valence-electron chi connectivity index (χ2n) is 5.00. The molecule has 3 rings (SSSR count). The maximum Gasteiger partial charge on any atom is 0.148 e. The van der Waals surface area contributed by atoms with Gasteiger partial charge in [0.05, 0.1) is 0 Å². The van der Waals surface area contributed by atoms with Crippen molar-refractivity contribution in [3.8, 4) is 17.3 Å². The van der Waals surface area contributed by atoms with Crippen LogP contribution >= 0.6 is 0 Å². The standard InChI is InChI=1S/C16H17N3/c1-2-12-6-8-13(9-7-12)16-14(11-17)19-10-4-3-5-15(19)18-16/h6-9H,2-5,10H2,1H3. The zero-order valence-electron chi connectivity index (χ0n) is 11.2. The second-order valence-corrected chi connectivity index (χ2v) is 5.00. The molecule has 0 bridgehead atoms. The summed E-state index contributed by atoms with van der Waals surface area (Å²) in [6.07, 6.45) is 4.34. The van der Waals surface area contributed by atoms with Crippen LogP contribution in [0.3, 0.4) is 0 Å². The van der Waals surface area contributed by atoms with Crippen LogP contribution in [0.5, 0.6) is 0 Å². The Balaban J connectivity index is 2.09. The van der Waals surface area contributed by atoms with Crippen LogP contribution in [0.15, 0.2) is 24.3 Å². The molecule has 19 heavy (non-hydrogen) atoms. The van der Waals surface area contributed by atoms with Gasteiger partial charge in [0.25, 0.3) is 0 Å². The van der Waals surface area contributed by atoms with Crippen LogP contribution in [-0.2, 0) is 19.4 Å². The van der Waals surface area contributed by atoms with Gasteiger partial charge < -0.3 is 4.57 Å². The van der Waals surface area contributed by atoms with Gasteiger partial charge in [-0.15, -0.1) is 0 Å². The molecule has 0 saturated heterocycles. The number of hydrogen-bond donors (Lipinski definition) is 0. The van der Waals surface area contributed by atoms with E-state index in [0.29, 0.717) is 0 Å². The largest absolute Gasteiger partial charge is 0.319 e. The molecule has 0 N–H and O–H groups in total. The lowest BCUT2D eigenvalue weighted by atomic mass is 10.1. The first-order valence-corrected chi connectivity index (χ1v) is 6.92. The molecular formula is C16H17N3. The average Bonchev–Trinajstić information content (AvgIpc) is 2.85. The van der Waals surface area contributed by atoms with Crippen molar-refractivity contribution in [2.75, 3.05) is 0 Å². The van der Waals surface area contributed by atoms with Crippen molar-refractivity contribution in [2.45, 2.75) is 39.2 Å². The van der Waals surface area contributed by atoms with Gasteiger partial charge in [0.15, 0.2) is 0 Å². The van der Waals surface area contributed by atoms with E-state index < -0.39 is 0 Å². The number of aryl methyl sites for hydroxylation is 2. The molecule has 0 aliphatic carbocycles. The highest BCUT2D eigenvalue weighted by Gasteiger charge is 2.20. The number of hydrogen-bond acceptors (Lipinski definition) is 2. The number of benzene rings is 1. The summed E-state index contributed by atoms with van der Waals surface area (Å²) in [7, 11) is 0. The Morgan fingerprint density at radius 2 is 2.05 bits per heavy atom. The molecule has 0 spiro atoms. The molecule has 1 aliphatic rings. The zero-order chi connectivity index (χ0) is 13.2. The Labute approximate surface area is 113 Å². The van der Waals surface area contributed by atoms with Gasteiger partial charge in [0.1, 0.15) is 23.3 Å². The van der Waals surface area contributed by atoms with Crippen LogP contribution in [0.25, 0.3) is 11.3 Å². The van der Waals surface area contributed by atoms with Gasteiger partial charge in [0.2, 0.25) is 0 Å².